The first-order chi connectivity index (χ1) is 12.7. The lowest BCUT2D eigenvalue weighted by atomic mass is 10.1. The number of nitrogens with zero attached hydrogens (tertiary/aromatic N) is 3. The molecule has 1 aromatic carbocycles. The van der Waals surface area contributed by atoms with E-state index in [-0.39, 0.29) is 11.8 Å². The Morgan fingerprint density at radius 3 is 2.70 bits per heavy atom. The number of aromatic nitrogens is 2. The van der Waals surface area contributed by atoms with Crippen LogP contribution in [-0.2, 0) is 4.74 Å². The van der Waals surface area contributed by atoms with Crippen LogP contribution in [-0.4, -0.2) is 62.0 Å². The molecule has 1 unspecified atom stereocenters. The summed E-state index contributed by atoms with van der Waals surface area (Å²) in [5, 5.41) is 14.5. The molecule has 0 saturated carbocycles. The molecule has 0 radical (unpaired) electrons. The van der Waals surface area contributed by atoms with Crippen molar-refractivity contribution >= 4 is 30.6 Å². The highest BCUT2D eigenvalue weighted by molar-refractivity contribution is 6.76. The van der Waals surface area contributed by atoms with Crippen LogP contribution in [0.5, 0.6) is 0 Å². The van der Waals surface area contributed by atoms with Gasteiger partial charge < -0.3 is 19.6 Å². The van der Waals surface area contributed by atoms with E-state index in [1.165, 1.54) is 4.85 Å². The molecule has 0 spiro atoms. The molecule has 1 atom stereocenters. The van der Waals surface area contributed by atoms with E-state index in [2.05, 4.69) is 29.6 Å². The SMILES string of the molecule is COC1CCN(c2ccc3c(c(C(=O)O)nn3OCC[Si](C)(C)C)c2C)C1. The lowest BCUT2D eigenvalue weighted by Crippen LogP contribution is -2.26. The number of anilines is 1. The lowest BCUT2D eigenvalue weighted by molar-refractivity contribution is 0.0668. The summed E-state index contributed by atoms with van der Waals surface area (Å²) in [4.78, 5) is 21.2. The van der Waals surface area contributed by atoms with E-state index in [4.69, 9.17) is 9.57 Å². The Bertz CT molecular complexity index is 844. The summed E-state index contributed by atoms with van der Waals surface area (Å²) in [6, 6.07) is 4.92. The average Bonchev–Trinajstić information content (AvgIpc) is 3.19. The number of carboxylic acids is 1. The van der Waals surface area contributed by atoms with E-state index >= 15 is 0 Å². The minimum Gasteiger partial charge on any atom is -0.476 e. The van der Waals surface area contributed by atoms with E-state index in [0.29, 0.717) is 17.5 Å². The highest BCUT2D eigenvalue weighted by atomic mass is 28.3. The molecule has 148 valence electrons. The van der Waals surface area contributed by atoms with E-state index in [1.54, 1.807) is 7.11 Å². The smallest absolute Gasteiger partial charge is 0.357 e. The van der Waals surface area contributed by atoms with Crippen LogP contribution in [0.25, 0.3) is 10.9 Å². The van der Waals surface area contributed by atoms with Gasteiger partial charge in [-0.05, 0) is 37.1 Å². The normalized spacial score (nSPS) is 17.7. The summed E-state index contributed by atoms with van der Waals surface area (Å²) in [5.41, 5.74) is 2.69. The largest absolute Gasteiger partial charge is 0.476 e. The second-order valence-corrected chi connectivity index (χ2v) is 14.0. The highest BCUT2D eigenvalue weighted by Crippen LogP contribution is 2.32. The van der Waals surface area contributed by atoms with Crippen molar-refractivity contribution in [3.8, 4) is 0 Å². The Labute approximate surface area is 160 Å². The summed E-state index contributed by atoms with van der Waals surface area (Å²) >= 11 is 0. The molecule has 1 aliphatic rings. The molecule has 0 bridgehead atoms. The topological polar surface area (TPSA) is 76.8 Å². The molecule has 1 N–H and O–H groups in total. The van der Waals surface area contributed by atoms with Gasteiger partial charge in [-0.25, -0.2) is 4.79 Å². The van der Waals surface area contributed by atoms with Crippen molar-refractivity contribution in [1.82, 2.24) is 9.94 Å². The highest BCUT2D eigenvalue weighted by Gasteiger charge is 2.27. The molecule has 1 saturated heterocycles. The summed E-state index contributed by atoms with van der Waals surface area (Å²) in [7, 11) is 0.488. The second kappa shape index (κ2) is 7.51. The van der Waals surface area contributed by atoms with Crippen molar-refractivity contribution in [2.45, 2.75) is 45.1 Å². The predicted molar refractivity (Wildman–Crippen MR) is 109 cm³/mol. The maximum Gasteiger partial charge on any atom is 0.357 e. The van der Waals surface area contributed by atoms with Gasteiger partial charge in [-0.2, -0.15) is 0 Å². The molecule has 1 fully saturated rings. The maximum absolute atomic E-state index is 11.8. The number of fused-ring (bicyclic) bond motifs is 1. The van der Waals surface area contributed by atoms with Gasteiger partial charge in [0, 0.05) is 39.3 Å². The van der Waals surface area contributed by atoms with Crippen LogP contribution in [0.2, 0.25) is 25.7 Å². The van der Waals surface area contributed by atoms with Gasteiger partial charge in [0.15, 0.2) is 5.69 Å². The Kier molecular flexibility index (Phi) is 5.48. The van der Waals surface area contributed by atoms with Crippen molar-refractivity contribution < 1.29 is 19.5 Å². The number of carbonyl (C=O) groups is 1. The van der Waals surface area contributed by atoms with Crippen LogP contribution >= 0.6 is 0 Å². The van der Waals surface area contributed by atoms with Gasteiger partial charge in [-0.15, -0.1) is 5.10 Å². The molecule has 2 heterocycles. The second-order valence-electron chi connectivity index (χ2n) is 8.37. The van der Waals surface area contributed by atoms with Crippen LogP contribution in [0.15, 0.2) is 12.1 Å². The molecule has 2 aromatic rings. The number of aromatic carboxylic acids is 1. The summed E-state index contributed by atoms with van der Waals surface area (Å²) < 4.78 is 5.46. The third-order valence-electron chi connectivity index (χ3n) is 5.14. The van der Waals surface area contributed by atoms with Crippen molar-refractivity contribution in [2.24, 2.45) is 0 Å². The van der Waals surface area contributed by atoms with Gasteiger partial charge in [0.1, 0.15) is 12.1 Å². The van der Waals surface area contributed by atoms with E-state index in [1.807, 2.05) is 19.1 Å². The molecule has 7 nitrogen and oxygen atoms in total. The monoisotopic (exact) mass is 391 g/mol. The summed E-state index contributed by atoms with van der Waals surface area (Å²) in [5.74, 6) is -1.04. The van der Waals surface area contributed by atoms with Crippen molar-refractivity contribution in [2.75, 3.05) is 31.7 Å². The Morgan fingerprint density at radius 1 is 1.37 bits per heavy atom. The summed E-state index contributed by atoms with van der Waals surface area (Å²) in [6.45, 7) is 11.0. The number of methoxy groups -OCH3 is 1. The van der Waals surface area contributed by atoms with Crippen LogP contribution in [0, 0.1) is 6.92 Å². The van der Waals surface area contributed by atoms with Crippen LogP contribution in [0.4, 0.5) is 5.69 Å². The Balaban J connectivity index is 1.96. The number of ether oxygens (including phenoxy) is 1. The minimum absolute atomic E-state index is 0.0415. The summed E-state index contributed by atoms with van der Waals surface area (Å²) in [6.07, 6.45) is 1.19. The molecule has 0 amide bonds. The van der Waals surface area contributed by atoms with E-state index in [0.717, 1.165) is 36.8 Å². The first-order valence-corrected chi connectivity index (χ1v) is 13.1. The molecule has 27 heavy (non-hydrogen) atoms. The zero-order valence-electron chi connectivity index (χ0n) is 16.8. The number of hydrogen-bond donors (Lipinski definition) is 1. The first kappa shape index (κ1) is 19.7. The van der Waals surface area contributed by atoms with E-state index in [9.17, 15) is 9.90 Å². The average molecular weight is 392 g/mol. The van der Waals surface area contributed by atoms with Gasteiger partial charge in [0.05, 0.1) is 6.10 Å². The van der Waals surface area contributed by atoms with E-state index < -0.39 is 14.0 Å². The maximum atomic E-state index is 11.8. The van der Waals surface area contributed by atoms with Crippen LogP contribution < -0.4 is 9.74 Å². The van der Waals surface area contributed by atoms with Gasteiger partial charge in [-0.1, -0.05) is 24.5 Å². The molecule has 1 aromatic heterocycles. The van der Waals surface area contributed by atoms with Gasteiger partial charge in [0.25, 0.3) is 0 Å². The number of carboxylic acid groups (broad SMARTS) is 1. The van der Waals surface area contributed by atoms with Crippen molar-refractivity contribution in [3.05, 3.63) is 23.4 Å². The number of hydrogen-bond acceptors (Lipinski definition) is 5. The zero-order valence-corrected chi connectivity index (χ0v) is 17.8. The number of benzene rings is 1. The molecule has 3 rings (SSSR count). The van der Waals surface area contributed by atoms with Gasteiger partial charge in [0.2, 0.25) is 0 Å². The predicted octanol–water partition coefficient (Wildman–Crippen LogP) is 3.03. The standard InChI is InChI=1S/C19H29N3O4Si/c1-13-15(21-9-8-14(12-21)25-2)6-7-16-17(13)18(19(23)24)20-22(16)26-10-11-27(3,4)5/h6-7,14H,8-12H2,1-5H3,(H,23,24). The fourth-order valence-corrected chi connectivity index (χ4v) is 4.21. The van der Waals surface area contributed by atoms with Gasteiger partial charge >= 0.3 is 5.97 Å². The van der Waals surface area contributed by atoms with Crippen LogP contribution in [0.3, 0.4) is 0 Å². The van der Waals surface area contributed by atoms with Crippen LogP contribution in [0.1, 0.15) is 22.5 Å². The Hall–Kier alpha value is -2.06. The Morgan fingerprint density at radius 2 is 2.11 bits per heavy atom. The number of rotatable bonds is 7. The zero-order chi connectivity index (χ0) is 19.8. The number of aryl methyl sites for hydroxylation is 1. The lowest BCUT2D eigenvalue weighted by Gasteiger charge is -2.21. The fraction of sp³-hybridized carbons (Fsp3) is 0.579. The van der Waals surface area contributed by atoms with Crippen molar-refractivity contribution in [3.63, 3.8) is 0 Å². The molecular weight excluding hydrogens is 362 g/mol. The molecule has 1 aliphatic heterocycles. The molecule has 0 aliphatic carbocycles. The molecule has 8 heteroatoms. The van der Waals surface area contributed by atoms with Crippen molar-refractivity contribution in [1.29, 1.82) is 0 Å². The van der Waals surface area contributed by atoms with Gasteiger partial charge in [-0.3, -0.25) is 0 Å². The minimum atomic E-state index is -1.24. The third-order valence-corrected chi connectivity index (χ3v) is 6.84. The quantitative estimate of drug-likeness (QED) is 0.731. The third kappa shape index (κ3) is 4.11. The fourth-order valence-electron chi connectivity index (χ4n) is 3.51. The molecular formula is C19H29N3O4Si. The first-order valence-electron chi connectivity index (χ1n) is 9.38.